The summed E-state index contributed by atoms with van der Waals surface area (Å²) in [5, 5.41) is 9.54. The smallest absolute Gasteiger partial charge is 0.397 e. The second-order valence-corrected chi connectivity index (χ2v) is 12.1. The molecule has 0 aliphatic carbocycles. The standard InChI is InChI=1S/C30H60O6S/c1-2-3-4-5-6-7-14-17-20-23-26-29(30(31)32)27-24-21-18-15-12-10-8-9-11-13-16-19-22-25-28-36-37(33,34)35/h29H,2-28H2,1H3,(H,31,32)(H,33,34,35). The fraction of sp³-hybridized carbons (Fsp3) is 0.967. The van der Waals surface area contributed by atoms with Gasteiger partial charge in [-0.15, -0.1) is 0 Å². The molecule has 0 bridgehead atoms. The molecule has 0 spiro atoms. The molecule has 0 aliphatic rings. The first-order chi connectivity index (χ1) is 17.9. The van der Waals surface area contributed by atoms with Crippen molar-refractivity contribution >= 4 is 16.4 Å². The number of carbonyl (C=O) groups is 1. The van der Waals surface area contributed by atoms with Gasteiger partial charge in [-0.1, -0.05) is 155 Å². The fourth-order valence-corrected chi connectivity index (χ4v) is 5.38. The van der Waals surface area contributed by atoms with Gasteiger partial charge in [0.2, 0.25) is 0 Å². The van der Waals surface area contributed by atoms with E-state index >= 15 is 0 Å². The van der Waals surface area contributed by atoms with Crippen molar-refractivity contribution in [2.24, 2.45) is 5.92 Å². The van der Waals surface area contributed by atoms with Crippen molar-refractivity contribution in [1.29, 1.82) is 0 Å². The Hall–Kier alpha value is -0.660. The maximum Gasteiger partial charge on any atom is 0.397 e. The normalized spacial score (nSPS) is 12.7. The molecule has 0 rings (SSSR count). The number of aliphatic carboxylic acids is 1. The summed E-state index contributed by atoms with van der Waals surface area (Å²) < 4.78 is 33.6. The van der Waals surface area contributed by atoms with Crippen LogP contribution in [0.3, 0.4) is 0 Å². The molecule has 1 unspecified atom stereocenters. The molecule has 1 atom stereocenters. The summed E-state index contributed by atoms with van der Waals surface area (Å²) in [6.45, 7) is 2.32. The first kappa shape index (κ1) is 36.3. The molecule has 6 nitrogen and oxygen atoms in total. The van der Waals surface area contributed by atoms with Crippen molar-refractivity contribution in [3.05, 3.63) is 0 Å². The minimum atomic E-state index is -4.28. The molecule has 0 aromatic heterocycles. The van der Waals surface area contributed by atoms with Gasteiger partial charge in [0.25, 0.3) is 0 Å². The lowest BCUT2D eigenvalue weighted by atomic mass is 9.94. The SMILES string of the molecule is CCCCCCCCCCCCC(CCCCCCCCCCCCCCCCOS(=O)(=O)O)C(=O)O. The van der Waals surface area contributed by atoms with Gasteiger partial charge in [-0.2, -0.15) is 8.42 Å². The molecule has 0 saturated heterocycles. The number of rotatable bonds is 30. The summed E-state index contributed by atoms with van der Waals surface area (Å²) in [5.41, 5.74) is 0. The first-order valence-electron chi connectivity index (χ1n) is 15.7. The second kappa shape index (κ2) is 26.9. The highest BCUT2D eigenvalue weighted by atomic mass is 32.3. The summed E-state index contributed by atoms with van der Waals surface area (Å²) in [6.07, 6.45) is 30.9. The molecule has 0 aliphatic heterocycles. The lowest BCUT2D eigenvalue weighted by molar-refractivity contribution is -0.142. The van der Waals surface area contributed by atoms with Crippen LogP contribution in [0.15, 0.2) is 0 Å². The topological polar surface area (TPSA) is 101 Å². The van der Waals surface area contributed by atoms with Crippen molar-refractivity contribution < 1.29 is 27.1 Å². The summed E-state index contributed by atoms with van der Waals surface area (Å²) >= 11 is 0. The average Bonchev–Trinajstić information content (AvgIpc) is 2.84. The third-order valence-corrected chi connectivity index (χ3v) is 7.90. The van der Waals surface area contributed by atoms with Crippen molar-refractivity contribution in [1.82, 2.24) is 0 Å². The van der Waals surface area contributed by atoms with Crippen LogP contribution in [0.5, 0.6) is 0 Å². The Labute approximate surface area is 229 Å². The summed E-state index contributed by atoms with van der Waals surface area (Å²) in [7, 11) is -4.28. The average molecular weight is 549 g/mol. The first-order valence-corrected chi connectivity index (χ1v) is 17.1. The van der Waals surface area contributed by atoms with Crippen LogP contribution in [0.2, 0.25) is 0 Å². The van der Waals surface area contributed by atoms with Gasteiger partial charge in [0.1, 0.15) is 0 Å². The van der Waals surface area contributed by atoms with Crippen LogP contribution in [-0.4, -0.2) is 30.7 Å². The molecule has 37 heavy (non-hydrogen) atoms. The van der Waals surface area contributed by atoms with Crippen LogP contribution >= 0.6 is 0 Å². The molecule has 0 aromatic rings. The third kappa shape index (κ3) is 29.7. The number of carboxylic acid groups (broad SMARTS) is 1. The van der Waals surface area contributed by atoms with Gasteiger partial charge < -0.3 is 5.11 Å². The van der Waals surface area contributed by atoms with Crippen molar-refractivity contribution in [2.45, 2.75) is 174 Å². The lowest BCUT2D eigenvalue weighted by Gasteiger charge is -2.12. The Morgan fingerprint density at radius 1 is 0.568 bits per heavy atom. The molecule has 0 saturated carbocycles. The summed E-state index contributed by atoms with van der Waals surface area (Å²) in [5.74, 6) is -0.735. The number of hydrogen-bond acceptors (Lipinski definition) is 4. The number of unbranched alkanes of at least 4 members (excludes halogenated alkanes) is 22. The largest absolute Gasteiger partial charge is 0.481 e. The van der Waals surface area contributed by atoms with Gasteiger partial charge in [-0.25, -0.2) is 4.18 Å². The van der Waals surface area contributed by atoms with Gasteiger partial charge in [0, 0.05) is 0 Å². The molecule has 0 radical (unpaired) electrons. The van der Waals surface area contributed by atoms with E-state index in [9.17, 15) is 18.3 Å². The Bertz CT molecular complexity index is 593. The maximum absolute atomic E-state index is 11.6. The van der Waals surface area contributed by atoms with Crippen LogP contribution in [-0.2, 0) is 19.4 Å². The van der Waals surface area contributed by atoms with E-state index in [0.29, 0.717) is 6.42 Å². The fourth-order valence-electron chi connectivity index (χ4n) is 5.05. The summed E-state index contributed by atoms with van der Waals surface area (Å²) in [4.78, 5) is 11.6. The van der Waals surface area contributed by atoms with Crippen molar-refractivity contribution in [2.75, 3.05) is 6.61 Å². The molecule has 222 valence electrons. The molecule has 0 fully saturated rings. The molecule has 0 heterocycles. The Balaban J connectivity index is 3.40. The highest BCUT2D eigenvalue weighted by molar-refractivity contribution is 7.80. The minimum Gasteiger partial charge on any atom is -0.481 e. The van der Waals surface area contributed by atoms with Crippen LogP contribution in [0.1, 0.15) is 174 Å². The molecule has 0 aromatic carbocycles. The quantitative estimate of drug-likeness (QED) is 0.0684. The second-order valence-electron chi connectivity index (χ2n) is 11.0. The predicted molar refractivity (Wildman–Crippen MR) is 154 cm³/mol. The lowest BCUT2D eigenvalue weighted by Crippen LogP contribution is -2.13. The molecule has 0 amide bonds. The molecule has 2 N–H and O–H groups in total. The van der Waals surface area contributed by atoms with Crippen LogP contribution in [0, 0.1) is 5.92 Å². The van der Waals surface area contributed by atoms with E-state index in [1.54, 1.807) is 0 Å². The Morgan fingerprint density at radius 3 is 1.16 bits per heavy atom. The van der Waals surface area contributed by atoms with E-state index < -0.39 is 16.4 Å². The van der Waals surface area contributed by atoms with E-state index in [1.807, 2.05) is 0 Å². The monoisotopic (exact) mass is 548 g/mol. The van der Waals surface area contributed by atoms with Gasteiger partial charge in [0.15, 0.2) is 0 Å². The third-order valence-electron chi connectivity index (χ3n) is 7.43. The van der Waals surface area contributed by atoms with E-state index in [-0.39, 0.29) is 12.5 Å². The highest BCUT2D eigenvalue weighted by Gasteiger charge is 2.16. The van der Waals surface area contributed by atoms with E-state index in [2.05, 4.69) is 11.1 Å². The number of hydrogen-bond donors (Lipinski definition) is 2. The number of carboxylic acids is 1. The highest BCUT2D eigenvalue weighted by Crippen LogP contribution is 2.20. The molecule has 7 heteroatoms. The van der Waals surface area contributed by atoms with Gasteiger partial charge in [-0.05, 0) is 19.3 Å². The zero-order chi connectivity index (χ0) is 27.5. The Morgan fingerprint density at radius 2 is 0.865 bits per heavy atom. The minimum absolute atomic E-state index is 0.0678. The van der Waals surface area contributed by atoms with E-state index in [4.69, 9.17) is 4.55 Å². The molecular weight excluding hydrogens is 488 g/mol. The zero-order valence-corrected chi connectivity index (χ0v) is 24.9. The van der Waals surface area contributed by atoms with Gasteiger partial charge in [0.05, 0.1) is 12.5 Å². The van der Waals surface area contributed by atoms with Crippen molar-refractivity contribution in [3.8, 4) is 0 Å². The zero-order valence-electron chi connectivity index (χ0n) is 24.1. The van der Waals surface area contributed by atoms with E-state index in [1.165, 1.54) is 116 Å². The van der Waals surface area contributed by atoms with Gasteiger partial charge >= 0.3 is 16.4 Å². The summed E-state index contributed by atoms with van der Waals surface area (Å²) in [6, 6.07) is 0. The van der Waals surface area contributed by atoms with Crippen LogP contribution in [0.25, 0.3) is 0 Å². The van der Waals surface area contributed by atoms with Crippen molar-refractivity contribution in [3.63, 3.8) is 0 Å². The van der Waals surface area contributed by atoms with Crippen LogP contribution in [0.4, 0.5) is 0 Å². The van der Waals surface area contributed by atoms with Crippen LogP contribution < -0.4 is 0 Å². The Kier molecular flexibility index (Phi) is 26.4. The van der Waals surface area contributed by atoms with E-state index in [0.717, 1.165) is 44.9 Å². The van der Waals surface area contributed by atoms with Gasteiger partial charge in [-0.3, -0.25) is 9.35 Å². The molecular formula is C30H60O6S. The maximum atomic E-state index is 11.6. The predicted octanol–water partition coefficient (Wildman–Crippen LogP) is 9.67.